The van der Waals surface area contributed by atoms with Gasteiger partial charge >= 0.3 is 5.97 Å². The zero-order valence-electron chi connectivity index (χ0n) is 10.4. The van der Waals surface area contributed by atoms with E-state index in [-0.39, 0.29) is 17.7 Å². The van der Waals surface area contributed by atoms with Gasteiger partial charge in [-0.3, -0.25) is 14.9 Å². The lowest BCUT2D eigenvalue weighted by Gasteiger charge is -2.19. The predicted octanol–water partition coefficient (Wildman–Crippen LogP) is 2.62. The van der Waals surface area contributed by atoms with Gasteiger partial charge < -0.3 is 4.74 Å². The number of nitro groups is 1. The molecule has 18 heavy (non-hydrogen) atoms. The molecule has 0 saturated carbocycles. The van der Waals surface area contributed by atoms with Crippen LogP contribution in [-0.4, -0.2) is 16.5 Å². The van der Waals surface area contributed by atoms with Crippen molar-refractivity contribution in [2.75, 3.05) is 0 Å². The average Bonchev–Trinajstić information content (AvgIpc) is 2.18. The van der Waals surface area contributed by atoms with Gasteiger partial charge in [-0.25, -0.2) is 4.39 Å². The Hall–Kier alpha value is -1.98. The third-order valence-corrected chi connectivity index (χ3v) is 1.99. The van der Waals surface area contributed by atoms with Crippen LogP contribution in [0.2, 0.25) is 0 Å². The number of non-ortho nitro benzene ring substituents is 1. The summed E-state index contributed by atoms with van der Waals surface area (Å²) in [6.07, 6.45) is -0.329. The van der Waals surface area contributed by atoms with Crippen LogP contribution in [0.4, 0.5) is 10.1 Å². The third kappa shape index (κ3) is 4.12. The zero-order valence-corrected chi connectivity index (χ0v) is 10.4. The number of nitro benzene ring substituents is 1. The Morgan fingerprint density at radius 3 is 2.56 bits per heavy atom. The van der Waals surface area contributed by atoms with Crippen molar-refractivity contribution in [1.82, 2.24) is 0 Å². The van der Waals surface area contributed by atoms with Gasteiger partial charge in [0.1, 0.15) is 11.4 Å². The number of carbonyl (C=O) groups is 1. The van der Waals surface area contributed by atoms with Crippen molar-refractivity contribution >= 4 is 11.7 Å². The fourth-order valence-corrected chi connectivity index (χ4v) is 1.34. The summed E-state index contributed by atoms with van der Waals surface area (Å²) < 4.78 is 18.4. The monoisotopic (exact) mass is 255 g/mol. The Bertz CT molecular complexity index is 479. The number of halogens is 1. The highest BCUT2D eigenvalue weighted by Gasteiger charge is 2.19. The van der Waals surface area contributed by atoms with Crippen molar-refractivity contribution < 1.29 is 18.8 Å². The van der Waals surface area contributed by atoms with E-state index in [2.05, 4.69) is 0 Å². The maximum atomic E-state index is 13.4. The van der Waals surface area contributed by atoms with E-state index < -0.39 is 22.3 Å². The molecule has 0 atom stereocenters. The van der Waals surface area contributed by atoms with Crippen molar-refractivity contribution in [3.05, 3.63) is 39.7 Å². The Morgan fingerprint density at radius 1 is 1.44 bits per heavy atom. The summed E-state index contributed by atoms with van der Waals surface area (Å²) in [6, 6.07) is 3.06. The summed E-state index contributed by atoms with van der Waals surface area (Å²) >= 11 is 0. The largest absolute Gasteiger partial charge is 0.460 e. The molecule has 0 aliphatic heterocycles. The Labute approximate surface area is 104 Å². The maximum absolute atomic E-state index is 13.4. The highest BCUT2D eigenvalue weighted by molar-refractivity contribution is 5.73. The van der Waals surface area contributed by atoms with Gasteiger partial charge in [-0.1, -0.05) is 0 Å². The molecular weight excluding hydrogens is 241 g/mol. The Balaban J connectivity index is 2.87. The van der Waals surface area contributed by atoms with Crippen LogP contribution >= 0.6 is 0 Å². The molecule has 0 N–H and O–H groups in total. The van der Waals surface area contributed by atoms with E-state index in [0.717, 1.165) is 18.2 Å². The van der Waals surface area contributed by atoms with Gasteiger partial charge in [0.15, 0.2) is 0 Å². The predicted molar refractivity (Wildman–Crippen MR) is 62.6 cm³/mol. The van der Waals surface area contributed by atoms with E-state index in [1.54, 1.807) is 20.8 Å². The molecule has 0 aliphatic rings. The molecule has 0 spiro atoms. The lowest BCUT2D eigenvalue weighted by Crippen LogP contribution is -2.25. The molecule has 5 nitrogen and oxygen atoms in total. The summed E-state index contributed by atoms with van der Waals surface area (Å²) in [5, 5.41) is 10.5. The molecule has 0 aliphatic carbocycles. The zero-order chi connectivity index (χ0) is 13.9. The number of hydrogen-bond acceptors (Lipinski definition) is 4. The van der Waals surface area contributed by atoms with Gasteiger partial charge in [-0.2, -0.15) is 0 Å². The molecular formula is C12H14FNO4. The van der Waals surface area contributed by atoms with Crippen molar-refractivity contribution in [2.45, 2.75) is 32.8 Å². The lowest BCUT2D eigenvalue weighted by atomic mass is 10.1. The van der Waals surface area contributed by atoms with Gasteiger partial charge in [0, 0.05) is 17.7 Å². The first-order valence-electron chi connectivity index (χ1n) is 5.34. The molecule has 98 valence electrons. The Morgan fingerprint density at radius 2 is 2.06 bits per heavy atom. The molecule has 0 radical (unpaired) electrons. The number of esters is 1. The van der Waals surface area contributed by atoms with E-state index in [1.165, 1.54) is 0 Å². The molecule has 0 aromatic heterocycles. The fraction of sp³-hybridized carbons (Fsp3) is 0.417. The van der Waals surface area contributed by atoms with E-state index >= 15 is 0 Å². The second-order valence-electron chi connectivity index (χ2n) is 4.80. The molecule has 1 aromatic rings. The molecule has 1 rings (SSSR count). The van der Waals surface area contributed by atoms with Gasteiger partial charge in [-0.15, -0.1) is 0 Å². The van der Waals surface area contributed by atoms with Crippen LogP contribution < -0.4 is 0 Å². The molecule has 0 bridgehead atoms. The van der Waals surface area contributed by atoms with Crippen molar-refractivity contribution in [3.63, 3.8) is 0 Å². The number of hydrogen-bond donors (Lipinski definition) is 0. The SMILES string of the molecule is CC(C)(C)OC(=O)Cc1cc([N+](=O)[O-])ccc1F. The van der Waals surface area contributed by atoms with E-state index in [4.69, 9.17) is 4.74 Å². The highest BCUT2D eigenvalue weighted by Crippen LogP contribution is 2.18. The molecule has 0 heterocycles. The number of carbonyl (C=O) groups excluding carboxylic acids is 1. The minimum atomic E-state index is -0.672. The van der Waals surface area contributed by atoms with Crippen LogP contribution in [0, 0.1) is 15.9 Å². The summed E-state index contributed by atoms with van der Waals surface area (Å²) in [6.45, 7) is 5.07. The number of ether oxygens (including phenoxy) is 1. The standard InChI is InChI=1S/C12H14FNO4/c1-12(2,3)18-11(15)7-8-6-9(14(16)17)4-5-10(8)13/h4-6H,7H2,1-3H3. The van der Waals surface area contributed by atoms with Gasteiger partial charge in [0.25, 0.3) is 5.69 Å². The lowest BCUT2D eigenvalue weighted by molar-refractivity contribution is -0.385. The van der Waals surface area contributed by atoms with E-state index in [1.807, 2.05) is 0 Å². The second-order valence-corrected chi connectivity index (χ2v) is 4.80. The van der Waals surface area contributed by atoms with E-state index in [9.17, 15) is 19.3 Å². The topological polar surface area (TPSA) is 69.4 Å². The van der Waals surface area contributed by atoms with Crippen LogP contribution in [-0.2, 0) is 16.0 Å². The van der Waals surface area contributed by atoms with Crippen molar-refractivity contribution in [3.8, 4) is 0 Å². The smallest absolute Gasteiger partial charge is 0.310 e. The van der Waals surface area contributed by atoms with E-state index in [0.29, 0.717) is 0 Å². The fourth-order valence-electron chi connectivity index (χ4n) is 1.34. The number of rotatable bonds is 3. The molecule has 0 amide bonds. The van der Waals surface area contributed by atoms with Gasteiger partial charge in [0.2, 0.25) is 0 Å². The van der Waals surface area contributed by atoms with Gasteiger partial charge in [-0.05, 0) is 26.8 Å². The second kappa shape index (κ2) is 5.12. The maximum Gasteiger partial charge on any atom is 0.310 e. The van der Waals surface area contributed by atoms with Crippen molar-refractivity contribution in [1.29, 1.82) is 0 Å². The number of nitrogens with zero attached hydrogens (tertiary/aromatic N) is 1. The quantitative estimate of drug-likeness (QED) is 0.473. The molecule has 0 fully saturated rings. The number of benzene rings is 1. The van der Waals surface area contributed by atoms with Crippen LogP contribution in [0.5, 0.6) is 0 Å². The third-order valence-electron chi connectivity index (χ3n) is 1.99. The van der Waals surface area contributed by atoms with Crippen LogP contribution in [0.25, 0.3) is 0 Å². The molecule has 0 saturated heterocycles. The molecule has 1 aromatic carbocycles. The molecule has 0 unspecified atom stereocenters. The summed E-state index contributed by atoms with van der Waals surface area (Å²) in [4.78, 5) is 21.4. The minimum absolute atomic E-state index is 0.0431. The Kier molecular flexibility index (Phi) is 4.00. The summed E-state index contributed by atoms with van der Waals surface area (Å²) in [5.74, 6) is -1.28. The van der Waals surface area contributed by atoms with Crippen LogP contribution in [0.1, 0.15) is 26.3 Å². The van der Waals surface area contributed by atoms with Gasteiger partial charge in [0.05, 0.1) is 11.3 Å². The minimum Gasteiger partial charge on any atom is -0.460 e. The first kappa shape index (κ1) is 14.1. The first-order valence-corrected chi connectivity index (χ1v) is 5.34. The molecule has 6 heteroatoms. The summed E-state index contributed by atoms with van der Waals surface area (Å²) in [7, 11) is 0. The first-order chi connectivity index (χ1) is 8.19. The highest BCUT2D eigenvalue weighted by atomic mass is 19.1. The summed E-state index contributed by atoms with van der Waals surface area (Å²) in [5.41, 5.74) is -0.970. The van der Waals surface area contributed by atoms with Crippen molar-refractivity contribution in [2.24, 2.45) is 0 Å². The normalized spacial score (nSPS) is 11.1. The van der Waals surface area contributed by atoms with Crippen LogP contribution in [0.3, 0.4) is 0 Å². The average molecular weight is 255 g/mol. The van der Waals surface area contributed by atoms with Crippen LogP contribution in [0.15, 0.2) is 18.2 Å².